The molecule has 2 aliphatic carbocycles. The highest BCUT2D eigenvalue weighted by molar-refractivity contribution is 5.84. The van der Waals surface area contributed by atoms with Crippen LogP contribution in [0.4, 0.5) is 0 Å². The summed E-state index contributed by atoms with van der Waals surface area (Å²) in [5.41, 5.74) is 3.08. The second-order valence-electron chi connectivity index (χ2n) is 9.49. The van der Waals surface area contributed by atoms with Crippen LogP contribution in [0.2, 0.25) is 0 Å². The zero-order valence-corrected chi connectivity index (χ0v) is 17.6. The molecule has 0 aromatic heterocycles. The molecule has 0 N–H and O–H groups in total. The van der Waals surface area contributed by atoms with E-state index in [1.54, 1.807) is 5.56 Å². The minimum absolute atomic E-state index is 0.799. The highest BCUT2D eigenvalue weighted by Crippen LogP contribution is 2.44. The molecule has 0 heteroatoms. The molecule has 0 atom stereocenters. The Morgan fingerprint density at radius 1 is 0.704 bits per heavy atom. The molecule has 0 heterocycles. The molecule has 0 nitrogen and oxygen atoms in total. The SMILES string of the molecule is CCCc1ccc2cc(C3CCC(C4CCC(CC)CC4)CC3)ccc2c1. The largest absolute Gasteiger partial charge is 0.0651 e. The van der Waals surface area contributed by atoms with Crippen molar-refractivity contribution in [3.05, 3.63) is 47.5 Å². The summed E-state index contributed by atoms with van der Waals surface area (Å²) in [5.74, 6) is 3.90. The molecule has 0 unspecified atom stereocenters. The molecule has 2 fully saturated rings. The van der Waals surface area contributed by atoms with Crippen LogP contribution >= 0.6 is 0 Å². The van der Waals surface area contributed by atoms with E-state index in [2.05, 4.69) is 50.2 Å². The summed E-state index contributed by atoms with van der Waals surface area (Å²) in [5, 5.41) is 2.86. The summed E-state index contributed by atoms with van der Waals surface area (Å²) < 4.78 is 0. The number of aryl methyl sites for hydroxylation is 1. The van der Waals surface area contributed by atoms with E-state index in [1.165, 1.54) is 87.0 Å². The molecular weight excluding hydrogens is 324 g/mol. The summed E-state index contributed by atoms with van der Waals surface area (Å²) in [6, 6.07) is 14.4. The molecule has 2 aromatic rings. The zero-order chi connectivity index (χ0) is 18.6. The maximum Gasteiger partial charge on any atom is -0.0162 e. The zero-order valence-electron chi connectivity index (χ0n) is 17.6. The maximum atomic E-state index is 2.49. The minimum Gasteiger partial charge on any atom is -0.0651 e. The molecule has 0 amide bonds. The van der Waals surface area contributed by atoms with E-state index in [9.17, 15) is 0 Å². The van der Waals surface area contributed by atoms with Gasteiger partial charge in [-0.15, -0.1) is 0 Å². The molecule has 27 heavy (non-hydrogen) atoms. The third-order valence-corrected chi connectivity index (χ3v) is 7.85. The number of hydrogen-bond donors (Lipinski definition) is 0. The number of hydrogen-bond acceptors (Lipinski definition) is 0. The molecule has 146 valence electrons. The van der Waals surface area contributed by atoms with Gasteiger partial charge >= 0.3 is 0 Å². The van der Waals surface area contributed by atoms with Crippen LogP contribution < -0.4 is 0 Å². The van der Waals surface area contributed by atoms with E-state index in [-0.39, 0.29) is 0 Å². The fourth-order valence-electron chi connectivity index (χ4n) is 6.00. The van der Waals surface area contributed by atoms with Gasteiger partial charge in [0.15, 0.2) is 0 Å². The van der Waals surface area contributed by atoms with Crippen molar-refractivity contribution in [1.82, 2.24) is 0 Å². The topological polar surface area (TPSA) is 0 Å². The van der Waals surface area contributed by atoms with Crippen molar-refractivity contribution in [2.75, 3.05) is 0 Å². The lowest BCUT2D eigenvalue weighted by Gasteiger charge is -2.38. The fraction of sp³-hybridized carbons (Fsp3) is 0.630. The predicted octanol–water partition coefficient (Wildman–Crippen LogP) is 8.28. The van der Waals surface area contributed by atoms with E-state index in [1.807, 2.05) is 0 Å². The van der Waals surface area contributed by atoms with Gasteiger partial charge in [-0.05, 0) is 90.5 Å². The lowest BCUT2D eigenvalue weighted by atomic mass is 9.68. The van der Waals surface area contributed by atoms with Gasteiger partial charge in [-0.25, -0.2) is 0 Å². The van der Waals surface area contributed by atoms with Crippen LogP contribution in [0.15, 0.2) is 36.4 Å². The third kappa shape index (κ3) is 4.41. The van der Waals surface area contributed by atoms with Crippen LogP contribution in [0.25, 0.3) is 10.8 Å². The average molecular weight is 363 g/mol. The molecule has 0 radical (unpaired) electrons. The van der Waals surface area contributed by atoms with Crippen molar-refractivity contribution in [3.63, 3.8) is 0 Å². The third-order valence-electron chi connectivity index (χ3n) is 7.85. The Kier molecular flexibility index (Phi) is 6.21. The summed E-state index contributed by atoms with van der Waals surface area (Å²) >= 11 is 0. The van der Waals surface area contributed by atoms with Gasteiger partial charge in [0.1, 0.15) is 0 Å². The molecule has 2 aromatic carbocycles. The smallest absolute Gasteiger partial charge is 0.0162 e. The lowest BCUT2D eigenvalue weighted by Crippen LogP contribution is -2.25. The fourth-order valence-corrected chi connectivity index (χ4v) is 6.00. The first-order valence-corrected chi connectivity index (χ1v) is 11.8. The van der Waals surface area contributed by atoms with Gasteiger partial charge in [0, 0.05) is 0 Å². The number of rotatable bonds is 5. The first kappa shape index (κ1) is 19.0. The monoisotopic (exact) mass is 362 g/mol. The van der Waals surface area contributed by atoms with Gasteiger partial charge in [-0.3, -0.25) is 0 Å². The normalized spacial score (nSPS) is 29.1. The van der Waals surface area contributed by atoms with E-state index in [4.69, 9.17) is 0 Å². The lowest BCUT2D eigenvalue weighted by molar-refractivity contribution is 0.158. The summed E-state index contributed by atoms with van der Waals surface area (Å²) in [7, 11) is 0. The second kappa shape index (κ2) is 8.80. The first-order valence-electron chi connectivity index (χ1n) is 11.8. The molecule has 2 saturated carbocycles. The van der Waals surface area contributed by atoms with E-state index in [0.717, 1.165) is 23.7 Å². The minimum atomic E-state index is 0.799. The number of fused-ring (bicyclic) bond motifs is 1. The number of benzene rings is 2. The van der Waals surface area contributed by atoms with Crippen LogP contribution in [-0.2, 0) is 6.42 Å². The Morgan fingerprint density at radius 2 is 1.33 bits per heavy atom. The summed E-state index contributed by atoms with van der Waals surface area (Å²) in [4.78, 5) is 0. The van der Waals surface area contributed by atoms with Crippen molar-refractivity contribution < 1.29 is 0 Å². The second-order valence-corrected chi connectivity index (χ2v) is 9.49. The van der Waals surface area contributed by atoms with Gasteiger partial charge in [0.25, 0.3) is 0 Å². The Hall–Kier alpha value is -1.30. The highest BCUT2D eigenvalue weighted by Gasteiger charge is 2.30. The highest BCUT2D eigenvalue weighted by atomic mass is 14.4. The van der Waals surface area contributed by atoms with Gasteiger partial charge in [0.2, 0.25) is 0 Å². The summed E-state index contributed by atoms with van der Waals surface area (Å²) in [6.07, 6.45) is 15.6. The van der Waals surface area contributed by atoms with E-state index in [0.29, 0.717) is 0 Å². The standard InChI is InChI=1S/C27H38/c1-3-5-21-8-11-27-19-26(17-16-25(27)18-21)24-14-12-23(13-15-24)22-9-6-20(4-2)7-10-22/h8,11,16-20,22-24H,3-7,9-10,12-15H2,1-2H3. The van der Waals surface area contributed by atoms with Crippen molar-refractivity contribution in [3.8, 4) is 0 Å². The molecule has 2 aliphatic rings. The van der Waals surface area contributed by atoms with Crippen molar-refractivity contribution in [2.45, 2.75) is 90.4 Å². The molecule has 0 spiro atoms. The molecule has 0 aliphatic heterocycles. The van der Waals surface area contributed by atoms with Crippen LogP contribution in [0.3, 0.4) is 0 Å². The van der Waals surface area contributed by atoms with Gasteiger partial charge in [-0.2, -0.15) is 0 Å². The van der Waals surface area contributed by atoms with E-state index < -0.39 is 0 Å². The first-order chi connectivity index (χ1) is 13.3. The van der Waals surface area contributed by atoms with Crippen molar-refractivity contribution >= 4 is 10.8 Å². The molecule has 4 rings (SSSR count). The Balaban J connectivity index is 1.37. The maximum absolute atomic E-state index is 2.49. The van der Waals surface area contributed by atoms with Crippen LogP contribution in [0.1, 0.15) is 95.1 Å². The Labute approximate surface area is 166 Å². The molecule has 0 saturated heterocycles. The quantitative estimate of drug-likeness (QED) is 0.502. The molecular formula is C27H38. The van der Waals surface area contributed by atoms with E-state index >= 15 is 0 Å². The van der Waals surface area contributed by atoms with Crippen LogP contribution in [-0.4, -0.2) is 0 Å². The average Bonchev–Trinajstić information content (AvgIpc) is 2.74. The van der Waals surface area contributed by atoms with Crippen LogP contribution in [0, 0.1) is 17.8 Å². The Morgan fingerprint density at radius 3 is 2.00 bits per heavy atom. The van der Waals surface area contributed by atoms with Gasteiger partial charge in [-0.1, -0.05) is 75.9 Å². The van der Waals surface area contributed by atoms with Crippen LogP contribution in [0.5, 0.6) is 0 Å². The molecule has 0 bridgehead atoms. The predicted molar refractivity (Wildman–Crippen MR) is 118 cm³/mol. The van der Waals surface area contributed by atoms with Gasteiger partial charge in [0.05, 0.1) is 0 Å². The van der Waals surface area contributed by atoms with Crippen molar-refractivity contribution in [2.24, 2.45) is 17.8 Å². The Bertz CT molecular complexity index is 727. The summed E-state index contributed by atoms with van der Waals surface area (Å²) in [6.45, 7) is 4.64. The van der Waals surface area contributed by atoms with Crippen molar-refractivity contribution in [1.29, 1.82) is 0 Å². The van der Waals surface area contributed by atoms with Gasteiger partial charge < -0.3 is 0 Å².